The summed E-state index contributed by atoms with van der Waals surface area (Å²) in [6.07, 6.45) is 1.93. The summed E-state index contributed by atoms with van der Waals surface area (Å²) < 4.78 is 13.6. The zero-order chi connectivity index (χ0) is 13.8. The van der Waals surface area contributed by atoms with E-state index in [0.29, 0.717) is 0 Å². The molecule has 2 aromatic rings. The molecule has 0 aromatic heterocycles. The first-order valence-electron chi connectivity index (χ1n) is 5.52. The Morgan fingerprint density at radius 1 is 1.21 bits per heavy atom. The SMILES string of the molecule is CSc1ccccc1NC(=O)c1cccc(F)c1Br. The highest BCUT2D eigenvalue weighted by Crippen LogP contribution is 2.26. The van der Waals surface area contributed by atoms with E-state index in [4.69, 9.17) is 0 Å². The zero-order valence-electron chi connectivity index (χ0n) is 10.1. The molecule has 0 saturated heterocycles. The normalized spacial score (nSPS) is 10.3. The van der Waals surface area contributed by atoms with Gasteiger partial charge in [-0.15, -0.1) is 11.8 Å². The minimum absolute atomic E-state index is 0.175. The maximum atomic E-state index is 13.4. The number of hydrogen-bond donors (Lipinski definition) is 1. The molecule has 98 valence electrons. The maximum Gasteiger partial charge on any atom is 0.256 e. The van der Waals surface area contributed by atoms with Crippen molar-refractivity contribution < 1.29 is 9.18 Å². The third-order valence-corrected chi connectivity index (χ3v) is 4.15. The quantitative estimate of drug-likeness (QED) is 0.830. The molecule has 0 bridgehead atoms. The molecule has 2 rings (SSSR count). The van der Waals surface area contributed by atoms with Crippen LogP contribution in [0.5, 0.6) is 0 Å². The fourth-order valence-electron chi connectivity index (χ4n) is 1.62. The molecule has 0 radical (unpaired) electrons. The standard InChI is InChI=1S/C14H11BrFNOS/c1-19-12-8-3-2-7-11(12)17-14(18)9-5-4-6-10(16)13(9)15/h2-8H,1H3,(H,17,18). The number of rotatable bonds is 3. The number of hydrogen-bond acceptors (Lipinski definition) is 2. The highest BCUT2D eigenvalue weighted by Gasteiger charge is 2.14. The van der Waals surface area contributed by atoms with Gasteiger partial charge in [-0.05, 0) is 46.5 Å². The first kappa shape index (κ1) is 14.1. The Balaban J connectivity index is 2.28. The summed E-state index contributed by atoms with van der Waals surface area (Å²) in [5.41, 5.74) is 0.993. The summed E-state index contributed by atoms with van der Waals surface area (Å²) in [5, 5.41) is 2.79. The van der Waals surface area contributed by atoms with Gasteiger partial charge < -0.3 is 5.32 Å². The Kier molecular flexibility index (Phi) is 4.61. The lowest BCUT2D eigenvalue weighted by atomic mass is 10.2. The van der Waals surface area contributed by atoms with Gasteiger partial charge in [-0.25, -0.2) is 4.39 Å². The number of halogens is 2. The van der Waals surface area contributed by atoms with E-state index in [1.807, 2.05) is 30.5 Å². The lowest BCUT2D eigenvalue weighted by Gasteiger charge is -2.10. The van der Waals surface area contributed by atoms with Gasteiger partial charge in [0.25, 0.3) is 5.91 Å². The number of carbonyl (C=O) groups is 1. The molecule has 0 spiro atoms. The average molecular weight is 340 g/mol. The topological polar surface area (TPSA) is 29.1 Å². The van der Waals surface area contributed by atoms with Crippen LogP contribution >= 0.6 is 27.7 Å². The second kappa shape index (κ2) is 6.21. The number of anilines is 1. The van der Waals surface area contributed by atoms with Gasteiger partial charge >= 0.3 is 0 Å². The number of benzene rings is 2. The summed E-state index contributed by atoms with van der Waals surface area (Å²) >= 11 is 4.63. The van der Waals surface area contributed by atoms with E-state index in [-0.39, 0.29) is 15.9 Å². The number of nitrogens with one attached hydrogen (secondary N) is 1. The van der Waals surface area contributed by atoms with E-state index in [1.54, 1.807) is 6.07 Å². The highest BCUT2D eigenvalue weighted by atomic mass is 79.9. The molecule has 2 nitrogen and oxygen atoms in total. The number of carbonyl (C=O) groups excluding carboxylic acids is 1. The van der Waals surface area contributed by atoms with Gasteiger partial charge in [0.05, 0.1) is 15.7 Å². The van der Waals surface area contributed by atoms with Crippen molar-refractivity contribution >= 4 is 39.3 Å². The first-order valence-corrected chi connectivity index (χ1v) is 7.53. The van der Waals surface area contributed by atoms with Crippen LogP contribution in [0.3, 0.4) is 0 Å². The van der Waals surface area contributed by atoms with Crippen LogP contribution in [-0.4, -0.2) is 12.2 Å². The van der Waals surface area contributed by atoms with Gasteiger partial charge in [0.15, 0.2) is 0 Å². The van der Waals surface area contributed by atoms with Crippen LogP contribution in [0.25, 0.3) is 0 Å². The fraction of sp³-hybridized carbons (Fsp3) is 0.0714. The molecule has 0 atom stereocenters. The Morgan fingerprint density at radius 2 is 1.95 bits per heavy atom. The van der Waals surface area contributed by atoms with Gasteiger partial charge in [-0.2, -0.15) is 0 Å². The summed E-state index contributed by atoms with van der Waals surface area (Å²) in [6.45, 7) is 0. The summed E-state index contributed by atoms with van der Waals surface area (Å²) in [5.74, 6) is -0.793. The number of thioether (sulfide) groups is 1. The van der Waals surface area contributed by atoms with Crippen LogP contribution in [-0.2, 0) is 0 Å². The summed E-state index contributed by atoms with van der Waals surface area (Å²) in [4.78, 5) is 13.1. The summed E-state index contributed by atoms with van der Waals surface area (Å²) in [7, 11) is 0. The number of amides is 1. The van der Waals surface area contributed by atoms with Crippen molar-refractivity contribution in [2.24, 2.45) is 0 Å². The van der Waals surface area contributed by atoms with Gasteiger partial charge in [0.1, 0.15) is 5.82 Å². The smallest absolute Gasteiger partial charge is 0.256 e. The lowest BCUT2D eigenvalue weighted by Crippen LogP contribution is -2.13. The van der Waals surface area contributed by atoms with E-state index >= 15 is 0 Å². The predicted molar refractivity (Wildman–Crippen MR) is 80.3 cm³/mol. The lowest BCUT2D eigenvalue weighted by molar-refractivity contribution is 0.102. The molecule has 0 aliphatic rings. The molecule has 0 aliphatic heterocycles. The van der Waals surface area contributed by atoms with E-state index in [2.05, 4.69) is 21.2 Å². The monoisotopic (exact) mass is 339 g/mol. The second-order valence-corrected chi connectivity index (χ2v) is 5.40. The Morgan fingerprint density at radius 3 is 2.68 bits per heavy atom. The molecule has 0 saturated carbocycles. The van der Waals surface area contributed by atoms with Gasteiger partial charge in [-0.1, -0.05) is 18.2 Å². The molecule has 0 fully saturated rings. The second-order valence-electron chi connectivity index (χ2n) is 3.76. The van der Waals surface area contributed by atoms with Crippen molar-refractivity contribution in [3.63, 3.8) is 0 Å². The molecular weight excluding hydrogens is 329 g/mol. The zero-order valence-corrected chi connectivity index (χ0v) is 12.5. The number of para-hydroxylation sites is 1. The molecule has 5 heteroatoms. The molecule has 0 heterocycles. The van der Waals surface area contributed by atoms with Crippen molar-refractivity contribution in [1.82, 2.24) is 0 Å². The van der Waals surface area contributed by atoms with Crippen LogP contribution in [0.2, 0.25) is 0 Å². The van der Waals surface area contributed by atoms with E-state index in [9.17, 15) is 9.18 Å². The van der Waals surface area contributed by atoms with Crippen molar-refractivity contribution in [3.05, 3.63) is 58.3 Å². The van der Waals surface area contributed by atoms with Gasteiger partial charge in [0, 0.05) is 4.90 Å². The van der Waals surface area contributed by atoms with Crippen LogP contribution in [0, 0.1) is 5.82 Å². The third kappa shape index (κ3) is 3.16. The average Bonchev–Trinajstić information content (AvgIpc) is 2.42. The van der Waals surface area contributed by atoms with Crippen molar-refractivity contribution in [3.8, 4) is 0 Å². The van der Waals surface area contributed by atoms with E-state index in [1.165, 1.54) is 23.9 Å². The Hall–Kier alpha value is -1.33. The van der Waals surface area contributed by atoms with E-state index < -0.39 is 5.82 Å². The Bertz CT molecular complexity index is 618. The minimum Gasteiger partial charge on any atom is -0.321 e. The van der Waals surface area contributed by atoms with Crippen molar-refractivity contribution in [2.45, 2.75) is 4.90 Å². The first-order chi connectivity index (χ1) is 9.13. The summed E-state index contributed by atoms with van der Waals surface area (Å²) in [6, 6.07) is 11.9. The molecule has 0 aliphatic carbocycles. The van der Waals surface area contributed by atoms with E-state index in [0.717, 1.165) is 10.6 Å². The van der Waals surface area contributed by atoms with Crippen molar-refractivity contribution in [1.29, 1.82) is 0 Å². The minimum atomic E-state index is -0.453. The molecule has 1 N–H and O–H groups in total. The molecule has 19 heavy (non-hydrogen) atoms. The van der Waals surface area contributed by atoms with Gasteiger partial charge in [0.2, 0.25) is 0 Å². The third-order valence-electron chi connectivity index (χ3n) is 2.55. The highest BCUT2D eigenvalue weighted by molar-refractivity contribution is 9.10. The largest absolute Gasteiger partial charge is 0.321 e. The van der Waals surface area contributed by atoms with Crippen molar-refractivity contribution in [2.75, 3.05) is 11.6 Å². The van der Waals surface area contributed by atoms with Crippen LogP contribution in [0.1, 0.15) is 10.4 Å². The van der Waals surface area contributed by atoms with Crippen LogP contribution < -0.4 is 5.32 Å². The molecule has 2 aromatic carbocycles. The van der Waals surface area contributed by atoms with Crippen LogP contribution in [0.4, 0.5) is 10.1 Å². The maximum absolute atomic E-state index is 13.4. The van der Waals surface area contributed by atoms with Crippen LogP contribution in [0.15, 0.2) is 51.8 Å². The molecule has 1 amide bonds. The van der Waals surface area contributed by atoms with Gasteiger partial charge in [-0.3, -0.25) is 4.79 Å². The molecule has 0 unspecified atom stereocenters. The fourth-order valence-corrected chi connectivity index (χ4v) is 2.61. The molecular formula is C14H11BrFNOS. The Labute approximate surface area is 123 Å². The predicted octanol–water partition coefficient (Wildman–Crippen LogP) is 4.56.